The SMILES string of the molecule is CS(=O)(=O)n1cccc1C(N)CCO. The van der Waals surface area contributed by atoms with Crippen molar-refractivity contribution in [1.82, 2.24) is 3.97 Å². The standard InChI is InChI=1S/C8H14N2O3S/c1-14(12,13)10-5-2-3-8(10)7(9)4-6-11/h2-3,5,7,11H,4,6,9H2,1H3. The van der Waals surface area contributed by atoms with E-state index in [1.807, 2.05) is 0 Å². The molecule has 1 aromatic heterocycles. The monoisotopic (exact) mass is 218 g/mol. The number of aromatic nitrogens is 1. The van der Waals surface area contributed by atoms with Crippen LogP contribution in [0.1, 0.15) is 18.2 Å². The van der Waals surface area contributed by atoms with Gasteiger partial charge in [0.25, 0.3) is 0 Å². The van der Waals surface area contributed by atoms with Gasteiger partial charge >= 0.3 is 0 Å². The van der Waals surface area contributed by atoms with Crippen molar-refractivity contribution in [2.24, 2.45) is 5.73 Å². The first-order valence-electron chi connectivity index (χ1n) is 4.21. The molecular formula is C8H14N2O3S. The minimum absolute atomic E-state index is 0.0594. The van der Waals surface area contributed by atoms with Crippen molar-refractivity contribution in [3.05, 3.63) is 24.0 Å². The smallest absolute Gasteiger partial charge is 0.235 e. The largest absolute Gasteiger partial charge is 0.396 e. The highest BCUT2D eigenvalue weighted by Gasteiger charge is 2.15. The van der Waals surface area contributed by atoms with E-state index in [0.29, 0.717) is 12.1 Å². The summed E-state index contributed by atoms with van der Waals surface area (Å²) >= 11 is 0. The van der Waals surface area contributed by atoms with Crippen molar-refractivity contribution >= 4 is 10.0 Å². The van der Waals surface area contributed by atoms with Crippen LogP contribution < -0.4 is 5.73 Å². The van der Waals surface area contributed by atoms with Crippen LogP contribution in [0.15, 0.2) is 18.3 Å². The average molecular weight is 218 g/mol. The Kier molecular flexibility index (Phi) is 3.30. The molecule has 0 radical (unpaired) electrons. The van der Waals surface area contributed by atoms with Gasteiger partial charge < -0.3 is 10.8 Å². The van der Waals surface area contributed by atoms with Crippen LogP contribution in [0.5, 0.6) is 0 Å². The van der Waals surface area contributed by atoms with E-state index in [-0.39, 0.29) is 6.61 Å². The molecule has 5 nitrogen and oxygen atoms in total. The van der Waals surface area contributed by atoms with Crippen molar-refractivity contribution in [1.29, 1.82) is 0 Å². The highest BCUT2D eigenvalue weighted by atomic mass is 32.2. The quantitative estimate of drug-likeness (QED) is 0.725. The lowest BCUT2D eigenvalue weighted by Crippen LogP contribution is -2.20. The Morgan fingerprint density at radius 1 is 1.64 bits per heavy atom. The summed E-state index contributed by atoms with van der Waals surface area (Å²) in [6.45, 7) is -0.0594. The third-order valence-electron chi connectivity index (χ3n) is 1.92. The third-order valence-corrected chi connectivity index (χ3v) is 2.97. The lowest BCUT2D eigenvalue weighted by atomic mass is 10.2. The fraction of sp³-hybridized carbons (Fsp3) is 0.500. The predicted molar refractivity (Wildman–Crippen MR) is 53.3 cm³/mol. The molecular weight excluding hydrogens is 204 g/mol. The second-order valence-electron chi connectivity index (χ2n) is 3.11. The molecule has 0 bridgehead atoms. The van der Waals surface area contributed by atoms with Crippen LogP contribution in [-0.2, 0) is 10.0 Å². The van der Waals surface area contributed by atoms with Gasteiger partial charge in [0, 0.05) is 18.8 Å². The number of aliphatic hydroxyl groups excluding tert-OH is 1. The van der Waals surface area contributed by atoms with E-state index >= 15 is 0 Å². The van der Waals surface area contributed by atoms with E-state index in [2.05, 4.69) is 0 Å². The van der Waals surface area contributed by atoms with Crippen molar-refractivity contribution in [3.63, 3.8) is 0 Å². The van der Waals surface area contributed by atoms with Gasteiger partial charge in [-0.3, -0.25) is 0 Å². The third kappa shape index (κ3) is 2.34. The van der Waals surface area contributed by atoms with Gasteiger partial charge in [0.1, 0.15) is 0 Å². The lowest BCUT2D eigenvalue weighted by Gasteiger charge is -2.12. The molecule has 3 N–H and O–H groups in total. The normalized spacial score (nSPS) is 14.2. The molecule has 6 heteroatoms. The van der Waals surface area contributed by atoms with Crippen molar-refractivity contribution < 1.29 is 13.5 Å². The van der Waals surface area contributed by atoms with Crippen LogP contribution in [0.4, 0.5) is 0 Å². The highest BCUT2D eigenvalue weighted by Crippen LogP contribution is 2.15. The Labute approximate surface area is 83.2 Å². The van der Waals surface area contributed by atoms with E-state index in [4.69, 9.17) is 10.8 Å². The number of nitrogens with zero attached hydrogens (tertiary/aromatic N) is 1. The maximum atomic E-state index is 11.3. The minimum Gasteiger partial charge on any atom is -0.396 e. The lowest BCUT2D eigenvalue weighted by molar-refractivity contribution is 0.275. The van der Waals surface area contributed by atoms with Crippen molar-refractivity contribution in [2.75, 3.05) is 12.9 Å². The molecule has 1 atom stereocenters. The Morgan fingerprint density at radius 2 is 2.29 bits per heavy atom. The number of nitrogens with two attached hydrogens (primary N) is 1. The summed E-state index contributed by atoms with van der Waals surface area (Å²) in [7, 11) is -3.30. The van der Waals surface area contributed by atoms with E-state index in [0.717, 1.165) is 10.2 Å². The van der Waals surface area contributed by atoms with Crippen LogP contribution in [0, 0.1) is 0 Å². The molecule has 0 amide bonds. The van der Waals surface area contributed by atoms with Crippen LogP contribution >= 0.6 is 0 Å². The molecule has 0 aliphatic rings. The molecule has 0 aliphatic carbocycles. The topological polar surface area (TPSA) is 85.3 Å². The van der Waals surface area contributed by atoms with Gasteiger partial charge in [-0.25, -0.2) is 12.4 Å². The maximum Gasteiger partial charge on any atom is 0.235 e. The van der Waals surface area contributed by atoms with Crippen LogP contribution in [0.3, 0.4) is 0 Å². The molecule has 0 spiro atoms. The Morgan fingerprint density at radius 3 is 2.79 bits per heavy atom. The molecule has 1 rings (SSSR count). The van der Waals surface area contributed by atoms with Gasteiger partial charge in [0.15, 0.2) is 0 Å². The minimum atomic E-state index is -3.30. The van der Waals surface area contributed by atoms with Crippen LogP contribution in [-0.4, -0.2) is 30.4 Å². The first-order valence-corrected chi connectivity index (χ1v) is 6.06. The molecule has 1 unspecified atom stereocenters. The average Bonchev–Trinajstić information content (AvgIpc) is 2.50. The first-order chi connectivity index (χ1) is 6.46. The Balaban J connectivity index is 3.05. The van der Waals surface area contributed by atoms with Crippen molar-refractivity contribution in [2.45, 2.75) is 12.5 Å². The van der Waals surface area contributed by atoms with E-state index < -0.39 is 16.1 Å². The van der Waals surface area contributed by atoms with Gasteiger partial charge in [-0.2, -0.15) is 0 Å². The molecule has 14 heavy (non-hydrogen) atoms. The van der Waals surface area contributed by atoms with Gasteiger partial charge in [0.05, 0.1) is 11.9 Å². The molecule has 0 saturated heterocycles. The van der Waals surface area contributed by atoms with E-state index in [1.165, 1.54) is 6.20 Å². The summed E-state index contributed by atoms with van der Waals surface area (Å²) in [6.07, 6.45) is 2.91. The summed E-state index contributed by atoms with van der Waals surface area (Å²) in [5.41, 5.74) is 6.20. The predicted octanol–water partition coefficient (Wildman–Crippen LogP) is -0.322. The highest BCUT2D eigenvalue weighted by molar-refractivity contribution is 7.89. The Bertz CT molecular complexity index is 396. The second-order valence-corrected chi connectivity index (χ2v) is 4.97. The molecule has 0 aromatic carbocycles. The molecule has 1 aromatic rings. The first kappa shape index (κ1) is 11.2. The molecule has 0 aliphatic heterocycles. The summed E-state index contributed by atoms with van der Waals surface area (Å²) in [5, 5.41) is 8.69. The summed E-state index contributed by atoms with van der Waals surface area (Å²) in [6, 6.07) is 2.80. The summed E-state index contributed by atoms with van der Waals surface area (Å²) < 4.78 is 23.7. The van der Waals surface area contributed by atoms with Gasteiger partial charge in [0.2, 0.25) is 10.0 Å². The zero-order valence-corrected chi connectivity index (χ0v) is 8.74. The number of rotatable bonds is 4. The van der Waals surface area contributed by atoms with Crippen LogP contribution in [0.2, 0.25) is 0 Å². The summed E-state index contributed by atoms with van der Waals surface area (Å²) in [4.78, 5) is 0. The van der Waals surface area contributed by atoms with Gasteiger partial charge in [-0.15, -0.1) is 0 Å². The maximum absolute atomic E-state index is 11.3. The zero-order valence-electron chi connectivity index (χ0n) is 7.92. The van der Waals surface area contributed by atoms with Crippen molar-refractivity contribution in [3.8, 4) is 0 Å². The molecule has 0 saturated carbocycles. The molecule has 0 fully saturated rings. The molecule has 1 heterocycles. The number of hydrogen-bond acceptors (Lipinski definition) is 4. The van der Waals surface area contributed by atoms with Crippen LogP contribution in [0.25, 0.3) is 0 Å². The number of aliphatic hydroxyl groups is 1. The van der Waals surface area contributed by atoms with Gasteiger partial charge in [-0.05, 0) is 18.6 Å². The van der Waals surface area contributed by atoms with Gasteiger partial charge in [-0.1, -0.05) is 0 Å². The zero-order chi connectivity index (χ0) is 10.8. The fourth-order valence-electron chi connectivity index (χ4n) is 1.26. The van der Waals surface area contributed by atoms with E-state index in [9.17, 15) is 8.42 Å². The Hall–Kier alpha value is -0.850. The van der Waals surface area contributed by atoms with E-state index in [1.54, 1.807) is 12.1 Å². The fourth-order valence-corrected chi connectivity index (χ4v) is 2.13. The summed E-state index contributed by atoms with van der Waals surface area (Å²) in [5.74, 6) is 0. The number of hydrogen-bond donors (Lipinski definition) is 2. The second kappa shape index (κ2) is 4.12. The molecule has 80 valence electrons.